The lowest BCUT2D eigenvalue weighted by Gasteiger charge is -2.14. The zero-order valence-corrected chi connectivity index (χ0v) is 9.90. The van der Waals surface area contributed by atoms with E-state index in [2.05, 4.69) is 5.92 Å². The second kappa shape index (κ2) is 8.08. The molecule has 0 aromatic heterocycles. The maximum absolute atomic E-state index is 10.6. The number of nitro groups is 1. The molecular formula is C11H19NO4. The molecule has 0 atom stereocenters. The van der Waals surface area contributed by atoms with E-state index in [1.807, 2.05) is 0 Å². The van der Waals surface area contributed by atoms with Crippen LogP contribution in [0.25, 0.3) is 0 Å². The summed E-state index contributed by atoms with van der Waals surface area (Å²) in [4.78, 5) is 10.3. The van der Waals surface area contributed by atoms with Gasteiger partial charge in [-0.1, -0.05) is 5.92 Å². The van der Waals surface area contributed by atoms with E-state index in [0.717, 1.165) is 0 Å². The number of terminal acetylenes is 1. The van der Waals surface area contributed by atoms with E-state index in [1.54, 1.807) is 13.8 Å². The Hall–Kier alpha value is -1.12. The van der Waals surface area contributed by atoms with Crippen LogP contribution in [0, 0.1) is 22.5 Å². The van der Waals surface area contributed by atoms with Gasteiger partial charge in [-0.25, -0.2) is 0 Å². The third kappa shape index (κ3) is 7.21. The predicted octanol–water partition coefficient (Wildman–Crippen LogP) is 1.49. The van der Waals surface area contributed by atoms with E-state index in [9.17, 15) is 10.1 Å². The first kappa shape index (κ1) is 14.9. The molecule has 0 bridgehead atoms. The van der Waals surface area contributed by atoms with Gasteiger partial charge < -0.3 is 9.47 Å². The van der Waals surface area contributed by atoms with E-state index < -0.39 is 5.54 Å². The van der Waals surface area contributed by atoms with Crippen molar-refractivity contribution in [3.63, 3.8) is 0 Å². The molecule has 0 heterocycles. The number of ether oxygens (including phenoxy) is 2. The Balaban J connectivity index is 3.34. The minimum absolute atomic E-state index is 0.261. The Labute approximate surface area is 96.3 Å². The predicted molar refractivity (Wildman–Crippen MR) is 60.8 cm³/mol. The third-order valence-electron chi connectivity index (χ3n) is 2.13. The lowest BCUT2D eigenvalue weighted by Crippen LogP contribution is -2.31. The fraction of sp³-hybridized carbons (Fsp3) is 0.818. The highest BCUT2D eigenvalue weighted by Crippen LogP contribution is 2.14. The van der Waals surface area contributed by atoms with Crippen LogP contribution in [0.2, 0.25) is 0 Å². The van der Waals surface area contributed by atoms with E-state index in [-0.39, 0.29) is 11.5 Å². The van der Waals surface area contributed by atoms with E-state index in [1.165, 1.54) is 0 Å². The number of rotatable bonds is 9. The molecule has 0 N–H and O–H groups in total. The second-order valence-electron chi connectivity index (χ2n) is 4.04. The molecule has 0 aromatic carbocycles. The normalized spacial score (nSPS) is 11.1. The Bertz CT molecular complexity index is 245. The molecule has 92 valence electrons. The van der Waals surface area contributed by atoms with Crippen LogP contribution in [-0.4, -0.2) is 36.9 Å². The van der Waals surface area contributed by atoms with Crippen LogP contribution in [0.1, 0.15) is 26.7 Å². The summed E-state index contributed by atoms with van der Waals surface area (Å²) >= 11 is 0. The molecule has 0 aliphatic carbocycles. The number of nitrogens with zero attached hydrogens (tertiary/aromatic N) is 1. The highest BCUT2D eigenvalue weighted by Gasteiger charge is 2.29. The van der Waals surface area contributed by atoms with Crippen molar-refractivity contribution in [2.45, 2.75) is 32.2 Å². The Morgan fingerprint density at radius 3 is 2.50 bits per heavy atom. The van der Waals surface area contributed by atoms with Gasteiger partial charge in [0.05, 0.1) is 13.2 Å². The highest BCUT2D eigenvalue weighted by atomic mass is 16.6. The van der Waals surface area contributed by atoms with E-state index in [4.69, 9.17) is 15.9 Å². The quantitative estimate of drug-likeness (QED) is 0.260. The average Bonchev–Trinajstić information content (AvgIpc) is 2.21. The van der Waals surface area contributed by atoms with Crippen LogP contribution in [0.4, 0.5) is 0 Å². The molecule has 0 aliphatic rings. The fourth-order valence-electron chi connectivity index (χ4n) is 1.05. The largest absolute Gasteiger partial charge is 0.379 e. The van der Waals surface area contributed by atoms with Crippen molar-refractivity contribution in [2.24, 2.45) is 0 Å². The topological polar surface area (TPSA) is 61.6 Å². The summed E-state index contributed by atoms with van der Waals surface area (Å²) in [5, 5.41) is 10.6. The van der Waals surface area contributed by atoms with Crippen LogP contribution in [0.3, 0.4) is 0 Å². The minimum atomic E-state index is -0.872. The van der Waals surface area contributed by atoms with Crippen molar-refractivity contribution in [3.8, 4) is 12.3 Å². The van der Waals surface area contributed by atoms with Crippen LogP contribution < -0.4 is 0 Å². The summed E-state index contributed by atoms with van der Waals surface area (Å²) in [6, 6.07) is 0. The Morgan fingerprint density at radius 1 is 1.31 bits per heavy atom. The smallest absolute Gasteiger partial charge is 0.216 e. The zero-order valence-electron chi connectivity index (χ0n) is 9.90. The minimum Gasteiger partial charge on any atom is -0.379 e. The van der Waals surface area contributed by atoms with Gasteiger partial charge >= 0.3 is 0 Å². The standard InChI is InChI=1S/C11H19NO4/c1-4-7-15-9-10-16-8-5-6-11(2,3)12(13)14/h1H,5-10H2,2-3H3. The molecule has 0 rings (SSSR count). The highest BCUT2D eigenvalue weighted by molar-refractivity contribution is 4.82. The first-order chi connectivity index (χ1) is 7.50. The summed E-state index contributed by atoms with van der Waals surface area (Å²) in [5.41, 5.74) is -0.872. The van der Waals surface area contributed by atoms with Gasteiger partial charge in [-0.05, 0) is 6.42 Å². The molecule has 0 aliphatic heterocycles. The molecule has 0 saturated heterocycles. The molecule has 5 heteroatoms. The molecule has 16 heavy (non-hydrogen) atoms. The SMILES string of the molecule is C#CCOCCOCCCC(C)(C)[N+](=O)[O-]. The summed E-state index contributed by atoms with van der Waals surface area (Å²) in [6.45, 7) is 4.96. The second-order valence-corrected chi connectivity index (χ2v) is 4.04. The summed E-state index contributed by atoms with van der Waals surface area (Å²) in [5.74, 6) is 2.35. The summed E-state index contributed by atoms with van der Waals surface area (Å²) in [7, 11) is 0. The van der Waals surface area contributed by atoms with Gasteiger partial charge in [0, 0.05) is 31.8 Å². The molecule has 0 saturated carbocycles. The Kier molecular flexibility index (Phi) is 7.52. The molecule has 5 nitrogen and oxygen atoms in total. The Morgan fingerprint density at radius 2 is 1.94 bits per heavy atom. The monoisotopic (exact) mass is 229 g/mol. The first-order valence-electron chi connectivity index (χ1n) is 5.24. The van der Waals surface area contributed by atoms with Crippen molar-refractivity contribution < 1.29 is 14.4 Å². The van der Waals surface area contributed by atoms with Crippen LogP contribution >= 0.6 is 0 Å². The maximum atomic E-state index is 10.6. The van der Waals surface area contributed by atoms with Crippen molar-refractivity contribution in [1.82, 2.24) is 0 Å². The lowest BCUT2D eigenvalue weighted by molar-refractivity contribution is -0.561. The van der Waals surface area contributed by atoms with Crippen molar-refractivity contribution in [1.29, 1.82) is 0 Å². The van der Waals surface area contributed by atoms with Crippen molar-refractivity contribution in [3.05, 3.63) is 10.1 Å². The fourth-order valence-corrected chi connectivity index (χ4v) is 1.05. The van der Waals surface area contributed by atoms with Gasteiger partial charge in [0.25, 0.3) is 0 Å². The van der Waals surface area contributed by atoms with Gasteiger partial charge in [-0.3, -0.25) is 10.1 Å². The summed E-state index contributed by atoms with van der Waals surface area (Å²) in [6.07, 6.45) is 6.16. The molecule has 0 radical (unpaired) electrons. The molecule has 0 fully saturated rings. The molecule has 0 aromatic rings. The molecular weight excluding hydrogens is 210 g/mol. The van der Waals surface area contributed by atoms with Crippen LogP contribution in [0.5, 0.6) is 0 Å². The van der Waals surface area contributed by atoms with Gasteiger partial charge in [0.1, 0.15) is 6.61 Å². The van der Waals surface area contributed by atoms with Gasteiger partial charge in [0.2, 0.25) is 5.54 Å². The van der Waals surface area contributed by atoms with E-state index >= 15 is 0 Å². The first-order valence-corrected chi connectivity index (χ1v) is 5.24. The van der Waals surface area contributed by atoms with Gasteiger partial charge in [0.15, 0.2) is 0 Å². The van der Waals surface area contributed by atoms with Crippen LogP contribution in [0.15, 0.2) is 0 Å². The van der Waals surface area contributed by atoms with Crippen molar-refractivity contribution in [2.75, 3.05) is 26.4 Å². The lowest BCUT2D eigenvalue weighted by atomic mass is 10.00. The van der Waals surface area contributed by atoms with E-state index in [0.29, 0.717) is 32.7 Å². The molecule has 0 spiro atoms. The zero-order chi connectivity index (χ0) is 12.4. The molecule has 0 unspecified atom stereocenters. The molecule has 0 amide bonds. The number of hydrogen-bond acceptors (Lipinski definition) is 4. The van der Waals surface area contributed by atoms with Crippen LogP contribution in [-0.2, 0) is 9.47 Å². The average molecular weight is 229 g/mol. The van der Waals surface area contributed by atoms with Gasteiger partial charge in [-0.2, -0.15) is 0 Å². The maximum Gasteiger partial charge on any atom is 0.216 e. The van der Waals surface area contributed by atoms with Gasteiger partial charge in [-0.15, -0.1) is 6.42 Å². The van der Waals surface area contributed by atoms with Crippen molar-refractivity contribution >= 4 is 0 Å². The third-order valence-corrected chi connectivity index (χ3v) is 2.13. The number of hydrogen-bond donors (Lipinski definition) is 0. The summed E-state index contributed by atoms with van der Waals surface area (Å²) < 4.78 is 10.2.